The largest absolute Gasteiger partial charge is 0.343 e. The van der Waals surface area contributed by atoms with Gasteiger partial charge in [-0.3, -0.25) is 9.78 Å². The van der Waals surface area contributed by atoms with Crippen LogP contribution < -0.4 is 5.32 Å². The first-order chi connectivity index (χ1) is 10.1. The number of nitrogens with one attached hydrogen (secondary N) is 1. The molecule has 1 aliphatic rings. The van der Waals surface area contributed by atoms with E-state index in [1.165, 1.54) is 17.7 Å². The van der Waals surface area contributed by atoms with Gasteiger partial charge in [0.2, 0.25) is 0 Å². The molecule has 1 amide bonds. The molecule has 1 saturated carbocycles. The van der Waals surface area contributed by atoms with Gasteiger partial charge in [-0.05, 0) is 30.5 Å². The third-order valence-corrected chi connectivity index (χ3v) is 3.43. The molecule has 0 aliphatic heterocycles. The number of aromatic nitrogens is 3. The maximum absolute atomic E-state index is 11.9. The number of hydrogen-bond donors (Lipinski definition) is 1. The maximum atomic E-state index is 11.9. The van der Waals surface area contributed by atoms with E-state index in [1.54, 1.807) is 37.2 Å². The van der Waals surface area contributed by atoms with Crippen molar-refractivity contribution in [2.24, 2.45) is 0 Å². The van der Waals surface area contributed by atoms with Crippen molar-refractivity contribution in [3.05, 3.63) is 42.0 Å². The Balaban J connectivity index is 1.76. The predicted molar refractivity (Wildman–Crippen MR) is 79.2 cm³/mol. The lowest BCUT2D eigenvalue weighted by Crippen LogP contribution is -2.22. The second-order valence-corrected chi connectivity index (χ2v) is 5.55. The molecule has 0 aromatic carbocycles. The van der Waals surface area contributed by atoms with E-state index in [0.29, 0.717) is 11.7 Å². The summed E-state index contributed by atoms with van der Waals surface area (Å²) in [5.41, 5.74) is 2.42. The average Bonchev–Trinajstić information content (AvgIpc) is 3.19. The van der Waals surface area contributed by atoms with E-state index in [4.69, 9.17) is 0 Å². The Kier molecular flexibility index (Phi) is 3.70. The molecule has 2 heterocycles. The highest BCUT2D eigenvalue weighted by Gasteiger charge is 2.20. The Labute approximate surface area is 123 Å². The predicted octanol–water partition coefficient (Wildman–Crippen LogP) is 1.22. The second-order valence-electron chi connectivity index (χ2n) is 5.55. The van der Waals surface area contributed by atoms with E-state index in [0.717, 1.165) is 17.8 Å². The summed E-state index contributed by atoms with van der Waals surface area (Å²) >= 11 is 0. The lowest BCUT2D eigenvalue weighted by Gasteiger charge is -2.07. The molecule has 1 fully saturated rings. The lowest BCUT2D eigenvalue weighted by atomic mass is 10.2. The van der Waals surface area contributed by atoms with Gasteiger partial charge in [0.25, 0.3) is 5.91 Å². The summed E-state index contributed by atoms with van der Waals surface area (Å²) in [6, 6.07) is 4.43. The number of rotatable bonds is 5. The van der Waals surface area contributed by atoms with Crippen molar-refractivity contribution >= 4 is 5.91 Å². The van der Waals surface area contributed by atoms with Gasteiger partial charge in [0, 0.05) is 39.1 Å². The summed E-state index contributed by atoms with van der Waals surface area (Å²) in [6.45, 7) is 0.816. The average molecular weight is 285 g/mol. The van der Waals surface area contributed by atoms with Crippen LogP contribution in [0.25, 0.3) is 5.69 Å². The third-order valence-electron chi connectivity index (χ3n) is 3.43. The minimum Gasteiger partial charge on any atom is -0.343 e. The van der Waals surface area contributed by atoms with Crippen LogP contribution in [0.5, 0.6) is 0 Å². The smallest absolute Gasteiger partial charge is 0.273 e. The van der Waals surface area contributed by atoms with Crippen molar-refractivity contribution in [3.63, 3.8) is 0 Å². The number of hydrogen-bond acceptors (Lipinski definition) is 4. The van der Waals surface area contributed by atoms with Crippen molar-refractivity contribution in [2.45, 2.75) is 25.4 Å². The van der Waals surface area contributed by atoms with Gasteiger partial charge in [-0.15, -0.1) is 0 Å². The summed E-state index contributed by atoms with van der Waals surface area (Å²) < 4.78 is 1.68. The standard InChI is InChI=1S/C15H19N5O/c1-19(2)15(21)14-5-6-20(18-14)13-7-11(8-16-10-13)9-17-12-3-4-12/h5-8,10,12,17H,3-4,9H2,1-2H3. The Morgan fingerprint density at radius 2 is 2.24 bits per heavy atom. The van der Waals surface area contributed by atoms with Gasteiger partial charge in [-0.1, -0.05) is 0 Å². The molecular weight excluding hydrogens is 266 g/mol. The number of carbonyl (C=O) groups is 1. The maximum Gasteiger partial charge on any atom is 0.273 e. The summed E-state index contributed by atoms with van der Waals surface area (Å²) in [4.78, 5) is 17.6. The fourth-order valence-electron chi connectivity index (χ4n) is 2.06. The van der Waals surface area contributed by atoms with E-state index in [-0.39, 0.29) is 5.91 Å². The van der Waals surface area contributed by atoms with Crippen molar-refractivity contribution in [1.82, 2.24) is 25.0 Å². The Morgan fingerprint density at radius 1 is 1.43 bits per heavy atom. The van der Waals surface area contributed by atoms with Gasteiger partial charge < -0.3 is 10.2 Å². The zero-order valence-electron chi connectivity index (χ0n) is 12.3. The Morgan fingerprint density at radius 3 is 2.95 bits per heavy atom. The van der Waals surface area contributed by atoms with E-state index in [1.807, 2.05) is 12.3 Å². The summed E-state index contributed by atoms with van der Waals surface area (Å²) in [7, 11) is 3.43. The molecule has 0 atom stereocenters. The van der Waals surface area contributed by atoms with Gasteiger partial charge in [0.15, 0.2) is 5.69 Å². The van der Waals surface area contributed by atoms with E-state index >= 15 is 0 Å². The minimum atomic E-state index is -0.103. The van der Waals surface area contributed by atoms with Gasteiger partial charge in [-0.2, -0.15) is 5.10 Å². The fraction of sp³-hybridized carbons (Fsp3) is 0.400. The zero-order valence-corrected chi connectivity index (χ0v) is 12.3. The number of carbonyl (C=O) groups excluding carboxylic acids is 1. The molecule has 0 bridgehead atoms. The minimum absolute atomic E-state index is 0.103. The van der Waals surface area contributed by atoms with Crippen LogP contribution in [-0.4, -0.2) is 45.7 Å². The van der Waals surface area contributed by atoms with Crippen molar-refractivity contribution in [3.8, 4) is 5.69 Å². The normalized spacial score (nSPS) is 14.2. The topological polar surface area (TPSA) is 63.1 Å². The van der Waals surface area contributed by atoms with Gasteiger partial charge >= 0.3 is 0 Å². The van der Waals surface area contributed by atoms with Crippen LogP contribution in [0.4, 0.5) is 0 Å². The van der Waals surface area contributed by atoms with Crippen LogP contribution in [0, 0.1) is 0 Å². The number of pyridine rings is 1. The summed E-state index contributed by atoms with van der Waals surface area (Å²) in [5, 5.41) is 7.77. The van der Waals surface area contributed by atoms with Crippen LogP contribution in [0.15, 0.2) is 30.7 Å². The molecule has 6 nitrogen and oxygen atoms in total. The molecule has 3 rings (SSSR count). The number of amides is 1. The number of nitrogens with zero attached hydrogens (tertiary/aromatic N) is 4. The SMILES string of the molecule is CN(C)C(=O)c1ccn(-c2cncc(CNC3CC3)c2)n1. The zero-order chi connectivity index (χ0) is 14.8. The van der Waals surface area contributed by atoms with E-state index < -0.39 is 0 Å². The van der Waals surface area contributed by atoms with Crippen LogP contribution in [0.3, 0.4) is 0 Å². The highest BCUT2D eigenvalue weighted by molar-refractivity contribution is 5.91. The Hall–Kier alpha value is -2.21. The lowest BCUT2D eigenvalue weighted by molar-refractivity contribution is 0.0821. The van der Waals surface area contributed by atoms with Crippen LogP contribution in [-0.2, 0) is 6.54 Å². The van der Waals surface area contributed by atoms with E-state index in [9.17, 15) is 4.79 Å². The first-order valence-corrected chi connectivity index (χ1v) is 7.08. The Bertz CT molecular complexity index is 645. The van der Waals surface area contributed by atoms with Gasteiger partial charge in [-0.25, -0.2) is 4.68 Å². The van der Waals surface area contributed by atoms with Crippen LogP contribution in [0.2, 0.25) is 0 Å². The molecule has 0 saturated heterocycles. The summed E-state index contributed by atoms with van der Waals surface area (Å²) in [6.07, 6.45) is 7.92. The monoisotopic (exact) mass is 285 g/mol. The molecule has 0 unspecified atom stereocenters. The molecular formula is C15H19N5O. The molecule has 0 radical (unpaired) electrons. The van der Waals surface area contributed by atoms with Crippen LogP contribution in [0.1, 0.15) is 28.9 Å². The highest BCUT2D eigenvalue weighted by Crippen LogP contribution is 2.19. The van der Waals surface area contributed by atoms with Gasteiger partial charge in [0.1, 0.15) is 0 Å². The van der Waals surface area contributed by atoms with Crippen molar-refractivity contribution in [2.75, 3.05) is 14.1 Å². The molecule has 0 spiro atoms. The highest BCUT2D eigenvalue weighted by atomic mass is 16.2. The first-order valence-electron chi connectivity index (χ1n) is 7.08. The molecule has 1 N–H and O–H groups in total. The summed E-state index contributed by atoms with van der Waals surface area (Å²) in [5.74, 6) is -0.103. The first kappa shape index (κ1) is 13.8. The second kappa shape index (κ2) is 5.65. The molecule has 2 aromatic rings. The molecule has 6 heteroatoms. The molecule has 1 aliphatic carbocycles. The van der Waals surface area contributed by atoms with Crippen molar-refractivity contribution < 1.29 is 4.79 Å². The van der Waals surface area contributed by atoms with Crippen molar-refractivity contribution in [1.29, 1.82) is 0 Å². The molecule has 21 heavy (non-hydrogen) atoms. The van der Waals surface area contributed by atoms with Crippen LogP contribution >= 0.6 is 0 Å². The van der Waals surface area contributed by atoms with Gasteiger partial charge in [0.05, 0.1) is 11.9 Å². The molecule has 110 valence electrons. The quantitative estimate of drug-likeness (QED) is 0.897. The third kappa shape index (κ3) is 3.28. The molecule has 2 aromatic heterocycles. The fourth-order valence-corrected chi connectivity index (χ4v) is 2.06. The van der Waals surface area contributed by atoms with E-state index in [2.05, 4.69) is 15.4 Å².